The number of fused-ring (bicyclic) bond motifs is 2. The molecule has 0 fully saturated rings. The maximum atomic E-state index is 14.0. The molecule has 1 unspecified atom stereocenters. The molecule has 3 heterocycles. The molecule has 6 aromatic rings. The minimum atomic E-state index is -0.960. The second kappa shape index (κ2) is 11.3. The zero-order chi connectivity index (χ0) is 30.2. The van der Waals surface area contributed by atoms with Gasteiger partial charge in [0.15, 0.2) is 16.7 Å². The number of thiazole rings is 1. The first-order valence-corrected chi connectivity index (χ1v) is 14.9. The van der Waals surface area contributed by atoms with Gasteiger partial charge in [-0.1, -0.05) is 72.0 Å². The molecule has 2 aromatic heterocycles. The Hall–Kier alpha value is -5.41. The molecular formula is C35H26N2O6S. The average Bonchev–Trinajstić information content (AvgIpc) is 3.74. The number of nitrogens with zero attached hydrogens (tertiary/aromatic N) is 2. The van der Waals surface area contributed by atoms with Crippen molar-refractivity contribution in [2.24, 2.45) is 0 Å². The highest BCUT2D eigenvalue weighted by Crippen LogP contribution is 2.45. The first-order chi connectivity index (χ1) is 21.5. The molecule has 0 saturated heterocycles. The van der Waals surface area contributed by atoms with Gasteiger partial charge in [0.1, 0.15) is 23.7 Å². The van der Waals surface area contributed by atoms with Crippen LogP contribution in [-0.2, 0) is 11.4 Å². The number of rotatable bonds is 9. The molecule has 7 rings (SSSR count). The highest BCUT2D eigenvalue weighted by Gasteiger charge is 2.46. The molecule has 9 heteroatoms. The van der Waals surface area contributed by atoms with Crippen molar-refractivity contribution in [3.8, 4) is 11.5 Å². The van der Waals surface area contributed by atoms with Crippen LogP contribution >= 0.6 is 11.3 Å². The fourth-order valence-electron chi connectivity index (χ4n) is 5.32. The number of amides is 1. The molecule has 4 aromatic carbocycles. The summed E-state index contributed by atoms with van der Waals surface area (Å²) in [5.74, 6) is -0.603. The van der Waals surface area contributed by atoms with Crippen LogP contribution in [0.25, 0.3) is 21.2 Å². The number of aliphatic hydroxyl groups excluding tert-OH is 1. The van der Waals surface area contributed by atoms with Gasteiger partial charge in [-0.15, -0.1) is 0 Å². The van der Waals surface area contributed by atoms with E-state index in [1.54, 1.807) is 36.4 Å². The third-order valence-corrected chi connectivity index (χ3v) is 8.43. The van der Waals surface area contributed by atoms with Crippen LogP contribution in [0.1, 0.15) is 34.6 Å². The molecule has 218 valence electrons. The minimum Gasteiger partial charge on any atom is -0.503 e. The molecule has 1 aliphatic heterocycles. The Balaban J connectivity index is 1.28. The number of hydrogen-bond donors (Lipinski definition) is 1. The van der Waals surface area contributed by atoms with E-state index in [0.717, 1.165) is 15.6 Å². The highest BCUT2D eigenvalue weighted by atomic mass is 32.1. The summed E-state index contributed by atoms with van der Waals surface area (Å²) in [6.45, 7) is 2.81. The van der Waals surface area contributed by atoms with Crippen LogP contribution in [-0.4, -0.2) is 28.4 Å². The summed E-state index contributed by atoms with van der Waals surface area (Å²) in [5, 5.41) is 12.3. The van der Waals surface area contributed by atoms with Gasteiger partial charge >= 0.3 is 0 Å². The van der Waals surface area contributed by atoms with Crippen LogP contribution in [0.3, 0.4) is 0 Å². The Morgan fingerprint density at radius 2 is 1.68 bits per heavy atom. The molecule has 1 aliphatic rings. The predicted molar refractivity (Wildman–Crippen MR) is 168 cm³/mol. The maximum Gasteiger partial charge on any atom is 0.296 e. The Labute approximate surface area is 256 Å². The Morgan fingerprint density at radius 1 is 0.932 bits per heavy atom. The number of anilines is 1. The van der Waals surface area contributed by atoms with Crippen molar-refractivity contribution < 1.29 is 28.6 Å². The van der Waals surface area contributed by atoms with Crippen LogP contribution in [0.5, 0.6) is 11.5 Å². The lowest BCUT2D eigenvalue weighted by molar-refractivity contribution is -0.117. The number of aliphatic hydroxyl groups is 1. The number of ether oxygens (including phenoxy) is 2. The van der Waals surface area contributed by atoms with Gasteiger partial charge in [-0.05, 0) is 60.5 Å². The van der Waals surface area contributed by atoms with Crippen LogP contribution in [0.15, 0.2) is 119 Å². The lowest BCUT2D eigenvalue weighted by atomic mass is 9.95. The Kier molecular flexibility index (Phi) is 7.07. The summed E-state index contributed by atoms with van der Waals surface area (Å²) < 4.78 is 18.3. The molecule has 1 atom stereocenters. The molecule has 1 amide bonds. The zero-order valence-electron chi connectivity index (χ0n) is 23.6. The van der Waals surface area contributed by atoms with Gasteiger partial charge in [0, 0.05) is 5.39 Å². The van der Waals surface area contributed by atoms with Gasteiger partial charge < -0.3 is 19.0 Å². The van der Waals surface area contributed by atoms with Gasteiger partial charge in [0.2, 0.25) is 5.78 Å². The largest absolute Gasteiger partial charge is 0.503 e. The van der Waals surface area contributed by atoms with Crippen molar-refractivity contribution >= 4 is 49.3 Å². The van der Waals surface area contributed by atoms with Crippen LogP contribution < -0.4 is 14.4 Å². The van der Waals surface area contributed by atoms with E-state index in [-0.39, 0.29) is 11.3 Å². The lowest BCUT2D eigenvalue weighted by Crippen LogP contribution is -2.30. The molecule has 0 radical (unpaired) electrons. The van der Waals surface area contributed by atoms with Crippen LogP contribution in [0.2, 0.25) is 0 Å². The third kappa shape index (κ3) is 4.97. The number of Topliss-reactive ketones (excluding diaryl/α,β-unsaturated/α-hetero) is 1. The van der Waals surface area contributed by atoms with Gasteiger partial charge in [-0.2, -0.15) is 0 Å². The smallest absolute Gasteiger partial charge is 0.296 e. The summed E-state index contributed by atoms with van der Waals surface area (Å²) >= 11 is 1.28. The topological polar surface area (TPSA) is 102 Å². The quantitative estimate of drug-likeness (QED) is 0.168. The Morgan fingerprint density at radius 3 is 2.45 bits per heavy atom. The molecule has 8 nitrogen and oxygen atoms in total. The van der Waals surface area contributed by atoms with Gasteiger partial charge in [0.25, 0.3) is 5.91 Å². The second-order valence-electron chi connectivity index (χ2n) is 10.2. The van der Waals surface area contributed by atoms with E-state index in [4.69, 9.17) is 18.9 Å². The van der Waals surface area contributed by atoms with Crippen molar-refractivity contribution in [3.05, 3.63) is 131 Å². The molecule has 1 N–H and O–H groups in total. The van der Waals surface area contributed by atoms with E-state index < -0.39 is 23.5 Å². The summed E-state index contributed by atoms with van der Waals surface area (Å²) in [5.41, 5.74) is 2.74. The van der Waals surface area contributed by atoms with Crippen LogP contribution in [0.4, 0.5) is 5.13 Å². The molecule has 0 aliphatic carbocycles. The summed E-state index contributed by atoms with van der Waals surface area (Å²) in [6.07, 6.45) is 0. The first kappa shape index (κ1) is 27.4. The molecule has 0 spiro atoms. The third-order valence-electron chi connectivity index (χ3n) is 7.41. The molecule has 0 bridgehead atoms. The summed E-state index contributed by atoms with van der Waals surface area (Å²) in [7, 11) is 0. The minimum absolute atomic E-state index is 0.0286. The standard InChI is InChI=1S/C35H26N2O6S/c1-2-41-25-16-17-26-29(19-25)44-35(36-26)37-31(22-12-14-24(15-13-22)42-20-21-8-4-3-5-9-21)30(33(39)34(37)40)32(38)28-18-23-10-6-7-11-27(23)43-28/h3-19,31,39H,2,20H2,1H3. The highest BCUT2D eigenvalue weighted by molar-refractivity contribution is 7.22. The van der Waals surface area contributed by atoms with Gasteiger partial charge in [-0.25, -0.2) is 4.98 Å². The zero-order valence-corrected chi connectivity index (χ0v) is 24.4. The lowest BCUT2D eigenvalue weighted by Gasteiger charge is -2.24. The van der Waals surface area contributed by atoms with Crippen LogP contribution in [0, 0.1) is 0 Å². The SMILES string of the molecule is CCOc1ccc2nc(N3C(=O)C(O)=C(C(=O)c4cc5ccccc5o4)C3c3ccc(OCc4ccccc4)cc3)sc2c1. The summed E-state index contributed by atoms with van der Waals surface area (Å²) in [6, 6.07) is 30.4. The monoisotopic (exact) mass is 602 g/mol. The van der Waals surface area contributed by atoms with E-state index >= 15 is 0 Å². The van der Waals surface area contributed by atoms with E-state index in [1.165, 1.54) is 16.2 Å². The number of para-hydroxylation sites is 1. The molecule has 0 saturated carbocycles. The predicted octanol–water partition coefficient (Wildman–Crippen LogP) is 7.80. The number of hydrogen-bond acceptors (Lipinski definition) is 8. The number of ketones is 1. The van der Waals surface area contributed by atoms with E-state index in [1.807, 2.05) is 73.7 Å². The average molecular weight is 603 g/mol. The number of furan rings is 1. The van der Waals surface area contributed by atoms with Gasteiger partial charge in [-0.3, -0.25) is 14.5 Å². The number of carbonyl (C=O) groups excluding carboxylic acids is 2. The molecule has 44 heavy (non-hydrogen) atoms. The number of carbonyl (C=O) groups is 2. The van der Waals surface area contributed by atoms with Gasteiger partial charge in [0.05, 0.1) is 28.4 Å². The van der Waals surface area contributed by atoms with E-state index in [0.29, 0.717) is 46.5 Å². The second-order valence-corrected chi connectivity index (χ2v) is 11.2. The van der Waals surface area contributed by atoms with E-state index in [9.17, 15) is 14.7 Å². The van der Waals surface area contributed by atoms with Crippen molar-refractivity contribution in [1.29, 1.82) is 0 Å². The van der Waals surface area contributed by atoms with Crippen molar-refractivity contribution in [2.45, 2.75) is 19.6 Å². The number of aromatic nitrogens is 1. The maximum absolute atomic E-state index is 14.0. The Bertz CT molecular complexity index is 2010. The van der Waals surface area contributed by atoms with Crippen molar-refractivity contribution in [1.82, 2.24) is 4.98 Å². The summed E-state index contributed by atoms with van der Waals surface area (Å²) in [4.78, 5) is 33.8. The fraction of sp³-hybridized carbons (Fsp3) is 0.114. The number of benzene rings is 4. The molecular weight excluding hydrogens is 576 g/mol. The fourth-order valence-corrected chi connectivity index (χ4v) is 6.34. The van der Waals surface area contributed by atoms with Crippen molar-refractivity contribution in [2.75, 3.05) is 11.5 Å². The normalized spacial score (nSPS) is 15.0. The van der Waals surface area contributed by atoms with Crippen molar-refractivity contribution in [3.63, 3.8) is 0 Å². The first-order valence-electron chi connectivity index (χ1n) is 14.1. The van der Waals surface area contributed by atoms with E-state index in [2.05, 4.69) is 0 Å².